The van der Waals surface area contributed by atoms with E-state index < -0.39 is 0 Å². The summed E-state index contributed by atoms with van der Waals surface area (Å²) in [6.45, 7) is 9.90. The lowest BCUT2D eigenvalue weighted by atomic mass is 9.78. The minimum atomic E-state index is 0.900. The van der Waals surface area contributed by atoms with Crippen molar-refractivity contribution in [2.45, 2.75) is 52.5 Å². The monoisotopic (exact) mass is 195 g/mol. The first kappa shape index (κ1) is 10.5. The molecule has 0 amide bonds. The highest BCUT2D eigenvalue weighted by atomic mass is 15.2. The molecule has 0 spiro atoms. The van der Waals surface area contributed by atoms with Gasteiger partial charge in [-0.3, -0.25) is 0 Å². The summed E-state index contributed by atoms with van der Waals surface area (Å²) in [4.78, 5) is 2.75. The van der Waals surface area contributed by atoms with E-state index in [0.717, 1.165) is 23.8 Å². The van der Waals surface area contributed by atoms with Gasteiger partial charge in [0.1, 0.15) is 0 Å². The Bertz CT molecular complexity index is 174. The SMILES string of the molecule is CC1CC(N2CCC(C(C)C)CC2)C1. The first-order valence-corrected chi connectivity index (χ1v) is 6.41. The summed E-state index contributed by atoms with van der Waals surface area (Å²) < 4.78 is 0. The third-order valence-corrected chi connectivity index (χ3v) is 4.38. The average molecular weight is 195 g/mol. The molecule has 0 atom stereocenters. The van der Waals surface area contributed by atoms with Crippen LogP contribution in [0.2, 0.25) is 0 Å². The number of piperidine rings is 1. The van der Waals surface area contributed by atoms with Crippen LogP contribution in [0.3, 0.4) is 0 Å². The molecular weight excluding hydrogens is 170 g/mol. The summed E-state index contributed by atoms with van der Waals surface area (Å²) in [5.74, 6) is 2.91. The molecule has 1 aliphatic carbocycles. The molecule has 0 N–H and O–H groups in total. The zero-order chi connectivity index (χ0) is 10.1. The van der Waals surface area contributed by atoms with Crippen LogP contribution in [0, 0.1) is 17.8 Å². The molecule has 1 heteroatoms. The summed E-state index contributed by atoms with van der Waals surface area (Å²) in [6, 6.07) is 0.957. The molecule has 2 rings (SSSR count). The van der Waals surface area contributed by atoms with Crippen LogP contribution in [-0.4, -0.2) is 24.0 Å². The largest absolute Gasteiger partial charge is 0.300 e. The fourth-order valence-electron chi connectivity index (χ4n) is 3.11. The Kier molecular flexibility index (Phi) is 3.16. The predicted molar refractivity (Wildman–Crippen MR) is 61.3 cm³/mol. The van der Waals surface area contributed by atoms with Crippen molar-refractivity contribution >= 4 is 0 Å². The van der Waals surface area contributed by atoms with Gasteiger partial charge in [-0.15, -0.1) is 0 Å². The molecule has 14 heavy (non-hydrogen) atoms. The van der Waals surface area contributed by atoms with Gasteiger partial charge in [-0.05, 0) is 56.5 Å². The van der Waals surface area contributed by atoms with Crippen LogP contribution in [-0.2, 0) is 0 Å². The highest BCUT2D eigenvalue weighted by Crippen LogP contribution is 2.34. The average Bonchev–Trinajstić information content (AvgIpc) is 2.13. The lowest BCUT2D eigenvalue weighted by Gasteiger charge is -2.45. The number of rotatable bonds is 2. The smallest absolute Gasteiger partial charge is 0.0100 e. The van der Waals surface area contributed by atoms with Crippen molar-refractivity contribution in [2.75, 3.05) is 13.1 Å². The van der Waals surface area contributed by atoms with Gasteiger partial charge >= 0.3 is 0 Å². The van der Waals surface area contributed by atoms with Crippen molar-refractivity contribution in [3.05, 3.63) is 0 Å². The maximum Gasteiger partial charge on any atom is 0.0100 e. The van der Waals surface area contributed by atoms with E-state index in [1.54, 1.807) is 0 Å². The van der Waals surface area contributed by atoms with E-state index in [0.29, 0.717) is 0 Å². The van der Waals surface area contributed by atoms with Crippen LogP contribution < -0.4 is 0 Å². The Balaban J connectivity index is 1.73. The van der Waals surface area contributed by atoms with E-state index in [2.05, 4.69) is 25.7 Å². The van der Waals surface area contributed by atoms with Gasteiger partial charge in [0.25, 0.3) is 0 Å². The first-order chi connectivity index (χ1) is 6.66. The van der Waals surface area contributed by atoms with Crippen LogP contribution in [0.5, 0.6) is 0 Å². The van der Waals surface area contributed by atoms with Gasteiger partial charge in [-0.1, -0.05) is 20.8 Å². The lowest BCUT2D eigenvalue weighted by Crippen LogP contribution is -2.48. The lowest BCUT2D eigenvalue weighted by molar-refractivity contribution is 0.0468. The molecule has 1 saturated heterocycles. The van der Waals surface area contributed by atoms with Crippen molar-refractivity contribution < 1.29 is 0 Å². The molecule has 0 aromatic heterocycles. The van der Waals surface area contributed by atoms with Gasteiger partial charge < -0.3 is 4.90 Å². The maximum absolute atomic E-state index is 2.75. The molecule has 82 valence electrons. The second-order valence-corrected chi connectivity index (χ2v) is 5.85. The van der Waals surface area contributed by atoms with E-state index in [9.17, 15) is 0 Å². The second kappa shape index (κ2) is 4.22. The maximum atomic E-state index is 2.75. The molecule has 1 heterocycles. The van der Waals surface area contributed by atoms with Crippen molar-refractivity contribution in [1.82, 2.24) is 4.90 Å². The van der Waals surface area contributed by atoms with Crippen LogP contribution in [0.15, 0.2) is 0 Å². The van der Waals surface area contributed by atoms with Gasteiger partial charge in [-0.2, -0.15) is 0 Å². The Morgan fingerprint density at radius 1 is 1.07 bits per heavy atom. The van der Waals surface area contributed by atoms with Crippen LogP contribution in [0.25, 0.3) is 0 Å². The number of likely N-dealkylation sites (tertiary alicyclic amines) is 1. The van der Waals surface area contributed by atoms with Crippen molar-refractivity contribution in [3.8, 4) is 0 Å². The zero-order valence-electron chi connectivity index (χ0n) is 10.00. The number of hydrogen-bond acceptors (Lipinski definition) is 1. The van der Waals surface area contributed by atoms with E-state index in [4.69, 9.17) is 0 Å². The van der Waals surface area contributed by atoms with E-state index in [1.807, 2.05) is 0 Å². The molecule has 0 radical (unpaired) electrons. The topological polar surface area (TPSA) is 3.24 Å². The molecule has 1 saturated carbocycles. The predicted octanol–water partition coefficient (Wildman–Crippen LogP) is 3.15. The van der Waals surface area contributed by atoms with Crippen LogP contribution in [0.4, 0.5) is 0 Å². The second-order valence-electron chi connectivity index (χ2n) is 5.85. The van der Waals surface area contributed by atoms with Crippen molar-refractivity contribution in [3.63, 3.8) is 0 Å². The summed E-state index contributed by atoms with van der Waals surface area (Å²) in [5.41, 5.74) is 0. The molecule has 1 nitrogen and oxygen atoms in total. The normalized spacial score (nSPS) is 36.0. The summed E-state index contributed by atoms with van der Waals surface area (Å²) >= 11 is 0. The minimum Gasteiger partial charge on any atom is -0.300 e. The third-order valence-electron chi connectivity index (χ3n) is 4.38. The van der Waals surface area contributed by atoms with Gasteiger partial charge in [0, 0.05) is 6.04 Å². The Morgan fingerprint density at radius 3 is 2.07 bits per heavy atom. The minimum absolute atomic E-state index is 0.900. The summed E-state index contributed by atoms with van der Waals surface area (Å²) in [6.07, 6.45) is 5.82. The Hall–Kier alpha value is -0.0400. The molecule has 0 unspecified atom stereocenters. The van der Waals surface area contributed by atoms with Crippen molar-refractivity contribution in [2.24, 2.45) is 17.8 Å². The molecule has 2 fully saturated rings. The van der Waals surface area contributed by atoms with E-state index >= 15 is 0 Å². The zero-order valence-corrected chi connectivity index (χ0v) is 10.00. The third kappa shape index (κ3) is 2.13. The van der Waals surface area contributed by atoms with E-state index in [1.165, 1.54) is 38.8 Å². The molecular formula is C13H25N. The standard InChI is InChI=1S/C13H25N/c1-10(2)12-4-6-14(7-5-12)13-8-11(3)9-13/h10-13H,4-9H2,1-3H3. The fourth-order valence-corrected chi connectivity index (χ4v) is 3.11. The van der Waals surface area contributed by atoms with Gasteiger partial charge in [0.05, 0.1) is 0 Å². The summed E-state index contributed by atoms with van der Waals surface area (Å²) in [5, 5.41) is 0. The molecule has 0 bridgehead atoms. The molecule has 0 aromatic rings. The van der Waals surface area contributed by atoms with Crippen molar-refractivity contribution in [1.29, 1.82) is 0 Å². The quantitative estimate of drug-likeness (QED) is 0.654. The number of hydrogen-bond donors (Lipinski definition) is 0. The fraction of sp³-hybridized carbons (Fsp3) is 1.00. The molecule has 1 aliphatic heterocycles. The Labute approximate surface area is 88.9 Å². The summed E-state index contributed by atoms with van der Waals surface area (Å²) in [7, 11) is 0. The molecule has 2 aliphatic rings. The van der Waals surface area contributed by atoms with E-state index in [-0.39, 0.29) is 0 Å². The van der Waals surface area contributed by atoms with Crippen LogP contribution >= 0.6 is 0 Å². The number of nitrogens with zero attached hydrogens (tertiary/aromatic N) is 1. The van der Waals surface area contributed by atoms with Gasteiger partial charge in [-0.25, -0.2) is 0 Å². The highest BCUT2D eigenvalue weighted by molar-refractivity contribution is 4.87. The Morgan fingerprint density at radius 2 is 1.64 bits per heavy atom. The van der Waals surface area contributed by atoms with Gasteiger partial charge in [0.2, 0.25) is 0 Å². The van der Waals surface area contributed by atoms with Gasteiger partial charge in [0.15, 0.2) is 0 Å². The molecule has 0 aromatic carbocycles. The van der Waals surface area contributed by atoms with Crippen LogP contribution in [0.1, 0.15) is 46.5 Å². The highest BCUT2D eigenvalue weighted by Gasteiger charge is 2.33. The first-order valence-electron chi connectivity index (χ1n) is 6.41.